The van der Waals surface area contributed by atoms with Crippen molar-refractivity contribution >= 4 is 27.8 Å². The number of hydrogen-bond donors (Lipinski definition) is 1. The fourth-order valence-corrected chi connectivity index (χ4v) is 2.53. The maximum atomic E-state index is 12.2. The van der Waals surface area contributed by atoms with E-state index < -0.39 is 0 Å². The molecule has 22 heavy (non-hydrogen) atoms. The van der Waals surface area contributed by atoms with Gasteiger partial charge in [0.1, 0.15) is 12.6 Å². The van der Waals surface area contributed by atoms with E-state index in [1.54, 1.807) is 0 Å². The van der Waals surface area contributed by atoms with Crippen molar-refractivity contribution < 1.29 is 38.1 Å². The van der Waals surface area contributed by atoms with Crippen molar-refractivity contribution in [2.45, 2.75) is 19.8 Å². The summed E-state index contributed by atoms with van der Waals surface area (Å²) in [5.74, 6) is -0.266. The monoisotopic (exact) mass is 410 g/mol. The number of carbonyl (C=O) groups is 1. The number of pyridine rings is 1. The van der Waals surface area contributed by atoms with Gasteiger partial charge in [-0.25, -0.2) is 4.79 Å². The Labute approximate surface area is 146 Å². The van der Waals surface area contributed by atoms with Crippen LogP contribution < -0.4 is 28.5 Å². The maximum Gasteiger partial charge on any atom is 0.403 e. The molecule has 3 aromatic rings. The Hall–Kier alpha value is -1.63. The fraction of sp³-hybridized carbons (Fsp3) is 0.294. The van der Waals surface area contributed by atoms with Gasteiger partial charge in [0.05, 0.1) is 6.61 Å². The first-order chi connectivity index (χ1) is 10.2. The van der Waals surface area contributed by atoms with E-state index >= 15 is 0 Å². The van der Waals surface area contributed by atoms with E-state index in [0.29, 0.717) is 12.3 Å². The first-order valence-electron chi connectivity index (χ1n) is 7.28. The lowest BCUT2D eigenvalue weighted by atomic mass is 10.1. The predicted molar refractivity (Wildman–Crippen MR) is 82.2 cm³/mol. The molecule has 0 aliphatic rings. The van der Waals surface area contributed by atoms with Crippen LogP contribution >= 0.6 is 0 Å². The molecule has 0 atom stereocenters. The second kappa shape index (κ2) is 7.09. The van der Waals surface area contributed by atoms with Gasteiger partial charge in [-0.15, -0.1) is 0 Å². The van der Waals surface area contributed by atoms with Gasteiger partial charge in [0.15, 0.2) is 6.20 Å². The third kappa shape index (κ3) is 3.09. The van der Waals surface area contributed by atoms with E-state index in [1.165, 1.54) is 0 Å². The summed E-state index contributed by atoms with van der Waals surface area (Å²) in [7, 11) is 1.86. The summed E-state index contributed by atoms with van der Waals surface area (Å²) in [5.41, 5.74) is 2.66. The molecule has 0 fully saturated rings. The number of fused-ring (bicyclic) bond motifs is 3. The number of rotatable bonds is 4. The number of aromatic nitrogens is 2. The Morgan fingerprint density at radius 2 is 2.00 bits per heavy atom. The summed E-state index contributed by atoms with van der Waals surface area (Å²) in [6.07, 6.45) is 3.84. The largest absolute Gasteiger partial charge is 1.00 e. The normalized spacial score (nSPS) is 10.6. The summed E-state index contributed by atoms with van der Waals surface area (Å²) in [5, 5.41) is 2.17. The van der Waals surface area contributed by atoms with Crippen LogP contribution in [0.2, 0.25) is 0 Å². The van der Waals surface area contributed by atoms with Crippen molar-refractivity contribution in [3.63, 3.8) is 0 Å². The first kappa shape index (κ1) is 16.7. The smallest absolute Gasteiger partial charge is 0.403 e. The Kier molecular flexibility index (Phi) is 5.39. The molecule has 1 N–H and O–H groups in total. The Morgan fingerprint density at radius 3 is 2.77 bits per heavy atom. The van der Waals surface area contributed by atoms with Gasteiger partial charge in [-0.3, -0.25) is 0 Å². The summed E-state index contributed by atoms with van der Waals surface area (Å²) in [6, 6.07) is 10.00. The number of H-pyrrole nitrogens is 1. The number of halogens is 1. The number of nitrogens with one attached hydrogen (secondary N) is 1. The average Bonchev–Trinajstić information content (AvgIpc) is 2.83. The molecular formula is C17H19IN2O2. The van der Waals surface area contributed by atoms with Crippen molar-refractivity contribution in [2.24, 2.45) is 7.05 Å². The van der Waals surface area contributed by atoms with E-state index in [9.17, 15) is 4.79 Å². The predicted octanol–water partition coefficient (Wildman–Crippen LogP) is 0.107. The number of carbonyl (C=O) groups excluding carboxylic acids is 1. The number of unbranched alkanes of at least 4 members (excludes halogenated alkanes) is 1. The molecule has 0 amide bonds. The van der Waals surface area contributed by atoms with Gasteiger partial charge < -0.3 is 33.7 Å². The summed E-state index contributed by atoms with van der Waals surface area (Å²) in [4.78, 5) is 15.6. The third-order valence-corrected chi connectivity index (χ3v) is 3.70. The Bertz CT molecular complexity index is 811. The molecule has 116 valence electrons. The molecule has 0 aliphatic heterocycles. The molecular weight excluding hydrogens is 391 g/mol. The standard InChI is InChI=1S/C17H18N2O2.HI/c1-3-4-9-21-17(20)16-10-13-12-7-5-6-8-14(12)18-15(13)11-19(16)2;/h5-8,10-11H,3-4,9H2,1-2H3;1H. The van der Waals surface area contributed by atoms with E-state index in [4.69, 9.17) is 4.74 Å². The van der Waals surface area contributed by atoms with Crippen LogP contribution in [0.4, 0.5) is 0 Å². The second-order valence-electron chi connectivity index (χ2n) is 5.26. The van der Waals surface area contributed by atoms with Gasteiger partial charge >= 0.3 is 5.97 Å². The van der Waals surface area contributed by atoms with Crippen LogP contribution in [0, 0.1) is 0 Å². The zero-order valence-corrected chi connectivity index (χ0v) is 14.9. The SMILES string of the molecule is CCCCOC(=O)c1cc2c(c[n+]1C)[nH]c1ccccc12.[I-]. The molecule has 3 rings (SSSR count). The Balaban J connectivity index is 0.00000176. The van der Waals surface area contributed by atoms with Crippen LogP contribution in [-0.2, 0) is 11.8 Å². The lowest BCUT2D eigenvalue weighted by Gasteiger charge is -2.02. The number of ether oxygens (including phenoxy) is 1. The number of aromatic amines is 1. The van der Waals surface area contributed by atoms with Crippen molar-refractivity contribution in [1.29, 1.82) is 0 Å². The fourth-order valence-electron chi connectivity index (χ4n) is 2.53. The van der Waals surface area contributed by atoms with Gasteiger partial charge in [0, 0.05) is 22.4 Å². The van der Waals surface area contributed by atoms with Crippen molar-refractivity contribution in [3.05, 3.63) is 42.2 Å². The van der Waals surface area contributed by atoms with Gasteiger partial charge in [-0.1, -0.05) is 31.5 Å². The minimum atomic E-state index is -0.266. The van der Waals surface area contributed by atoms with Gasteiger partial charge in [-0.2, -0.15) is 4.57 Å². The molecule has 0 aliphatic carbocycles. The number of esters is 1. The van der Waals surface area contributed by atoms with Crippen molar-refractivity contribution in [2.75, 3.05) is 6.61 Å². The van der Waals surface area contributed by atoms with Crippen LogP contribution in [0.1, 0.15) is 30.3 Å². The highest BCUT2D eigenvalue weighted by atomic mass is 127. The minimum absolute atomic E-state index is 0. The molecule has 4 nitrogen and oxygen atoms in total. The Morgan fingerprint density at radius 1 is 1.23 bits per heavy atom. The van der Waals surface area contributed by atoms with Crippen LogP contribution in [0.3, 0.4) is 0 Å². The molecule has 2 heterocycles. The molecule has 0 saturated carbocycles. The highest BCUT2D eigenvalue weighted by molar-refractivity contribution is 6.08. The minimum Gasteiger partial charge on any atom is -1.00 e. The van der Waals surface area contributed by atoms with Crippen LogP contribution in [-0.4, -0.2) is 17.6 Å². The number of aryl methyl sites for hydroxylation is 1. The average molecular weight is 410 g/mol. The highest BCUT2D eigenvalue weighted by Crippen LogP contribution is 2.24. The molecule has 0 radical (unpaired) electrons. The quantitative estimate of drug-likeness (QED) is 0.287. The molecule has 0 saturated heterocycles. The zero-order valence-electron chi connectivity index (χ0n) is 12.7. The lowest BCUT2D eigenvalue weighted by Crippen LogP contribution is -3.00. The topological polar surface area (TPSA) is 46.0 Å². The van der Waals surface area contributed by atoms with E-state index in [1.807, 2.05) is 42.1 Å². The van der Waals surface area contributed by atoms with E-state index in [0.717, 1.165) is 34.6 Å². The molecule has 5 heteroatoms. The summed E-state index contributed by atoms with van der Waals surface area (Å²) < 4.78 is 7.13. The van der Waals surface area contributed by atoms with Crippen molar-refractivity contribution in [3.8, 4) is 0 Å². The third-order valence-electron chi connectivity index (χ3n) is 3.70. The number of nitrogens with zero attached hydrogens (tertiary/aromatic N) is 1. The molecule has 0 bridgehead atoms. The van der Waals surface area contributed by atoms with Crippen LogP contribution in [0.25, 0.3) is 21.8 Å². The van der Waals surface area contributed by atoms with Crippen LogP contribution in [0.15, 0.2) is 36.5 Å². The molecule has 2 aromatic heterocycles. The first-order valence-corrected chi connectivity index (χ1v) is 7.28. The maximum absolute atomic E-state index is 12.2. The van der Waals surface area contributed by atoms with Gasteiger partial charge in [0.25, 0.3) is 5.69 Å². The number of hydrogen-bond acceptors (Lipinski definition) is 2. The number of benzene rings is 1. The molecule has 0 spiro atoms. The van der Waals surface area contributed by atoms with E-state index in [-0.39, 0.29) is 29.9 Å². The van der Waals surface area contributed by atoms with Crippen molar-refractivity contribution in [1.82, 2.24) is 4.98 Å². The summed E-state index contributed by atoms with van der Waals surface area (Å²) >= 11 is 0. The molecule has 0 unspecified atom stereocenters. The van der Waals surface area contributed by atoms with Gasteiger partial charge in [-0.05, 0) is 12.5 Å². The molecule has 1 aromatic carbocycles. The second-order valence-corrected chi connectivity index (χ2v) is 5.26. The van der Waals surface area contributed by atoms with Crippen LogP contribution in [0.5, 0.6) is 0 Å². The van der Waals surface area contributed by atoms with E-state index in [2.05, 4.69) is 18.0 Å². The highest BCUT2D eigenvalue weighted by Gasteiger charge is 2.21. The lowest BCUT2D eigenvalue weighted by molar-refractivity contribution is -0.672. The zero-order chi connectivity index (χ0) is 14.8. The number of para-hydroxylation sites is 1. The van der Waals surface area contributed by atoms with Gasteiger partial charge in [0.2, 0.25) is 0 Å². The summed E-state index contributed by atoms with van der Waals surface area (Å²) in [6.45, 7) is 2.55.